The number of ether oxygens (including phenoxy) is 1. The average Bonchev–Trinajstić information content (AvgIpc) is 2.83. The number of rotatable bonds is 10. The molecule has 1 heterocycles. The number of nitrogens with zero attached hydrogens (tertiary/aromatic N) is 2. The van der Waals surface area contributed by atoms with Gasteiger partial charge in [0, 0.05) is 17.6 Å². The predicted molar refractivity (Wildman–Crippen MR) is 130 cm³/mol. The molecule has 0 spiro atoms. The highest BCUT2D eigenvalue weighted by atomic mass is 35.5. The lowest BCUT2D eigenvalue weighted by atomic mass is 9.91. The van der Waals surface area contributed by atoms with Gasteiger partial charge in [-0.2, -0.15) is 13.2 Å². The van der Waals surface area contributed by atoms with Crippen LogP contribution in [-0.2, 0) is 34.9 Å². The quantitative estimate of drug-likeness (QED) is 0.278. The lowest BCUT2D eigenvalue weighted by Crippen LogP contribution is -2.23. The zero-order chi connectivity index (χ0) is 27.3. The first kappa shape index (κ1) is 28.2. The van der Waals surface area contributed by atoms with Crippen LogP contribution in [0.25, 0.3) is 0 Å². The van der Waals surface area contributed by atoms with E-state index in [9.17, 15) is 30.8 Å². The smallest absolute Gasteiger partial charge is 0.433 e. The van der Waals surface area contributed by atoms with E-state index >= 15 is 0 Å². The number of hydrogen-bond donors (Lipinski definition) is 2. The van der Waals surface area contributed by atoms with E-state index in [4.69, 9.17) is 22.1 Å². The number of benzene rings is 2. The first-order chi connectivity index (χ1) is 17.4. The molecule has 2 aromatic carbocycles. The standard InChI is InChI=1S/C24H22ClF4N3O4S/c1-32(37(34)35)20-10-5-16(12-19(20)26)18(22(30)33)9-4-15-6-11-21(24(27,28)29)31-23(15)36-13-14-2-7-17(25)8-3-14/h2-3,5-8,10-12,18,37H,4,9,13H2,1H3,(H2,30,33). The number of thiol groups is 1. The fourth-order valence-corrected chi connectivity index (χ4v) is 4.00. The number of aryl methyl sites for hydroxylation is 1. The average molecular weight is 560 g/mol. The van der Waals surface area contributed by atoms with E-state index in [0.29, 0.717) is 14.9 Å². The van der Waals surface area contributed by atoms with E-state index in [0.717, 1.165) is 12.1 Å². The van der Waals surface area contributed by atoms with Crippen LogP contribution in [0.4, 0.5) is 23.2 Å². The van der Waals surface area contributed by atoms with Crippen LogP contribution in [0.3, 0.4) is 0 Å². The van der Waals surface area contributed by atoms with Crippen molar-refractivity contribution in [1.82, 2.24) is 4.98 Å². The van der Waals surface area contributed by atoms with Crippen LogP contribution in [-0.4, -0.2) is 26.4 Å². The molecule has 3 rings (SSSR count). The molecule has 0 saturated carbocycles. The highest BCUT2D eigenvalue weighted by Gasteiger charge is 2.33. The Kier molecular flexibility index (Phi) is 8.98. The van der Waals surface area contributed by atoms with Gasteiger partial charge < -0.3 is 10.5 Å². The number of alkyl halides is 3. The van der Waals surface area contributed by atoms with Crippen molar-refractivity contribution in [3.63, 3.8) is 0 Å². The Bertz CT molecular complexity index is 1340. The van der Waals surface area contributed by atoms with Crippen molar-refractivity contribution in [3.05, 3.63) is 87.8 Å². The molecule has 37 heavy (non-hydrogen) atoms. The highest BCUT2D eigenvalue weighted by molar-refractivity contribution is 7.74. The second-order valence-electron chi connectivity index (χ2n) is 8.04. The fraction of sp³-hybridized carbons (Fsp3) is 0.250. The molecule has 0 aliphatic carbocycles. The monoisotopic (exact) mass is 559 g/mol. The summed E-state index contributed by atoms with van der Waals surface area (Å²) in [5.41, 5.74) is 5.28. The van der Waals surface area contributed by atoms with Gasteiger partial charge in [-0.3, -0.25) is 9.10 Å². The number of carbonyl (C=O) groups is 1. The van der Waals surface area contributed by atoms with Gasteiger partial charge in [0.15, 0.2) is 0 Å². The van der Waals surface area contributed by atoms with Crippen molar-refractivity contribution < 1.29 is 35.5 Å². The lowest BCUT2D eigenvalue weighted by Gasteiger charge is -2.18. The summed E-state index contributed by atoms with van der Waals surface area (Å²) in [6.07, 6.45) is -4.66. The molecule has 7 nitrogen and oxygen atoms in total. The second kappa shape index (κ2) is 11.8. The van der Waals surface area contributed by atoms with Gasteiger partial charge in [-0.15, -0.1) is 0 Å². The number of amides is 1. The normalized spacial score (nSPS) is 12.4. The van der Waals surface area contributed by atoms with Crippen LogP contribution in [0, 0.1) is 5.82 Å². The van der Waals surface area contributed by atoms with Crippen LogP contribution in [0.1, 0.15) is 34.7 Å². The SMILES string of the molecule is CN(c1ccc(C(CCc2ccc(C(F)(F)F)nc2OCc2ccc(Cl)cc2)C(N)=O)cc1F)[SH](=O)=O. The van der Waals surface area contributed by atoms with E-state index in [1.165, 1.54) is 25.2 Å². The summed E-state index contributed by atoms with van der Waals surface area (Å²) in [4.78, 5) is 15.8. The van der Waals surface area contributed by atoms with Crippen molar-refractivity contribution in [2.24, 2.45) is 5.73 Å². The summed E-state index contributed by atoms with van der Waals surface area (Å²) in [7, 11) is -1.91. The molecular weight excluding hydrogens is 538 g/mol. The number of aromatic nitrogens is 1. The van der Waals surface area contributed by atoms with Crippen molar-refractivity contribution in [3.8, 4) is 5.88 Å². The van der Waals surface area contributed by atoms with E-state index < -0.39 is 40.4 Å². The summed E-state index contributed by atoms with van der Waals surface area (Å²) in [6, 6.07) is 12.1. The summed E-state index contributed by atoms with van der Waals surface area (Å²) >= 11 is 5.85. The lowest BCUT2D eigenvalue weighted by molar-refractivity contribution is -0.141. The Morgan fingerprint density at radius 1 is 1.14 bits per heavy atom. The van der Waals surface area contributed by atoms with Crippen molar-refractivity contribution in [2.75, 3.05) is 11.4 Å². The minimum atomic E-state index is -4.70. The van der Waals surface area contributed by atoms with Gasteiger partial charge >= 0.3 is 6.18 Å². The number of nitrogens with two attached hydrogens (primary N) is 1. The number of primary amides is 1. The maximum atomic E-state index is 14.5. The highest BCUT2D eigenvalue weighted by Crippen LogP contribution is 2.33. The maximum Gasteiger partial charge on any atom is 0.433 e. The fourth-order valence-electron chi connectivity index (χ4n) is 3.54. The Balaban J connectivity index is 1.85. The van der Waals surface area contributed by atoms with Gasteiger partial charge in [0.1, 0.15) is 18.1 Å². The van der Waals surface area contributed by atoms with Crippen LogP contribution >= 0.6 is 11.6 Å². The van der Waals surface area contributed by atoms with Crippen LogP contribution in [0.5, 0.6) is 5.88 Å². The zero-order valence-corrected chi connectivity index (χ0v) is 21.0. The van der Waals surface area contributed by atoms with Gasteiger partial charge in [-0.25, -0.2) is 17.8 Å². The Morgan fingerprint density at radius 2 is 1.81 bits per heavy atom. The molecule has 198 valence electrons. The van der Waals surface area contributed by atoms with Crippen LogP contribution < -0.4 is 14.8 Å². The molecule has 1 amide bonds. The largest absolute Gasteiger partial charge is 0.473 e. The molecule has 2 N–H and O–H groups in total. The van der Waals surface area contributed by atoms with Crippen LogP contribution in [0.2, 0.25) is 5.02 Å². The molecular formula is C24H22ClF4N3O4S. The molecule has 13 heteroatoms. The van der Waals surface area contributed by atoms with E-state index in [2.05, 4.69) is 4.98 Å². The Labute approximate surface area is 216 Å². The van der Waals surface area contributed by atoms with Gasteiger partial charge in [0.2, 0.25) is 22.7 Å². The molecule has 0 saturated heterocycles. The molecule has 1 unspecified atom stereocenters. The number of carbonyl (C=O) groups excluding carboxylic acids is 1. The molecule has 0 bridgehead atoms. The first-order valence-corrected chi connectivity index (χ1v) is 12.3. The topological polar surface area (TPSA) is 103 Å². The van der Waals surface area contributed by atoms with Crippen molar-refractivity contribution in [2.45, 2.75) is 31.5 Å². The number of anilines is 1. The molecule has 1 aromatic heterocycles. The number of pyridine rings is 1. The predicted octanol–water partition coefficient (Wildman–Crippen LogP) is 4.64. The molecule has 0 aliphatic rings. The third-order valence-corrected chi connectivity index (χ3v) is 6.49. The Hall–Kier alpha value is -3.38. The van der Waals surface area contributed by atoms with Gasteiger partial charge in [0.05, 0.1) is 11.6 Å². The molecule has 3 aromatic rings. The maximum absolute atomic E-state index is 14.5. The molecule has 0 radical (unpaired) electrons. The summed E-state index contributed by atoms with van der Waals surface area (Å²) in [5.74, 6) is -2.95. The Morgan fingerprint density at radius 3 is 2.38 bits per heavy atom. The van der Waals surface area contributed by atoms with Gasteiger partial charge in [0.25, 0.3) is 0 Å². The number of halogens is 5. The van der Waals surface area contributed by atoms with E-state index in [1.807, 2.05) is 0 Å². The molecule has 0 aliphatic heterocycles. The number of hydrogen-bond acceptors (Lipinski definition) is 5. The van der Waals surface area contributed by atoms with Crippen molar-refractivity contribution in [1.29, 1.82) is 0 Å². The molecule has 1 atom stereocenters. The minimum Gasteiger partial charge on any atom is -0.473 e. The molecule has 0 fully saturated rings. The van der Waals surface area contributed by atoms with E-state index in [-0.39, 0.29) is 42.1 Å². The van der Waals surface area contributed by atoms with Crippen LogP contribution in [0.15, 0.2) is 54.6 Å². The summed E-state index contributed by atoms with van der Waals surface area (Å²) < 4.78 is 82.9. The van der Waals surface area contributed by atoms with E-state index in [1.54, 1.807) is 24.3 Å². The second-order valence-corrected chi connectivity index (χ2v) is 9.55. The summed E-state index contributed by atoms with van der Waals surface area (Å²) in [5, 5.41) is 0.483. The minimum absolute atomic E-state index is 0.00410. The third-order valence-electron chi connectivity index (χ3n) is 5.53. The zero-order valence-electron chi connectivity index (χ0n) is 19.3. The first-order valence-electron chi connectivity index (χ1n) is 10.8. The van der Waals surface area contributed by atoms with Crippen molar-refractivity contribution >= 4 is 34.1 Å². The third kappa shape index (κ3) is 7.32. The van der Waals surface area contributed by atoms with Gasteiger partial charge in [-0.1, -0.05) is 35.9 Å². The summed E-state index contributed by atoms with van der Waals surface area (Å²) in [6.45, 7) is -0.0834. The van der Waals surface area contributed by atoms with Gasteiger partial charge in [-0.05, 0) is 54.3 Å².